The Morgan fingerprint density at radius 3 is 2.82 bits per heavy atom. The molecule has 1 saturated carbocycles. The zero-order valence-electron chi connectivity index (χ0n) is 9.69. The highest BCUT2D eigenvalue weighted by Gasteiger charge is 2.22. The molecule has 0 spiro atoms. The lowest BCUT2D eigenvalue weighted by Gasteiger charge is -2.27. The summed E-state index contributed by atoms with van der Waals surface area (Å²) in [5, 5.41) is 0.771. The third-order valence-electron chi connectivity index (χ3n) is 3.61. The number of nitrogens with one attached hydrogen (secondary N) is 1. The van der Waals surface area contributed by atoms with Crippen molar-refractivity contribution in [3.05, 3.63) is 38.9 Å². The van der Waals surface area contributed by atoms with Gasteiger partial charge < -0.3 is 4.98 Å². The van der Waals surface area contributed by atoms with E-state index in [2.05, 4.69) is 4.98 Å². The van der Waals surface area contributed by atoms with Gasteiger partial charge in [0.25, 0.3) is 5.56 Å². The number of aromatic amines is 1. The molecular weight excluding hydrogens is 232 g/mol. The van der Waals surface area contributed by atoms with Gasteiger partial charge in [-0.2, -0.15) is 0 Å². The Morgan fingerprint density at radius 2 is 2.18 bits per heavy atom. The van der Waals surface area contributed by atoms with Gasteiger partial charge in [0.15, 0.2) is 4.77 Å². The van der Waals surface area contributed by atoms with Crippen LogP contribution in [0.4, 0.5) is 0 Å². The zero-order valence-corrected chi connectivity index (χ0v) is 10.5. The van der Waals surface area contributed by atoms with E-state index in [1.165, 1.54) is 6.42 Å². The summed E-state index contributed by atoms with van der Waals surface area (Å²) in [4.78, 5) is 15.6. The minimum atomic E-state index is 0.0616. The van der Waals surface area contributed by atoms with Crippen LogP contribution in [0.1, 0.15) is 30.9 Å². The van der Waals surface area contributed by atoms with Crippen LogP contribution < -0.4 is 5.56 Å². The molecule has 1 aromatic heterocycles. The monoisotopic (exact) mass is 246 g/mol. The summed E-state index contributed by atoms with van der Waals surface area (Å²) >= 11 is 5.29. The second-order valence-electron chi connectivity index (χ2n) is 4.69. The van der Waals surface area contributed by atoms with E-state index in [-0.39, 0.29) is 5.56 Å². The molecule has 1 aliphatic carbocycles. The SMILES string of the molecule is Cc1cccc2[nH]c(=S)n(C3CCC3)c(=O)c12. The maximum atomic E-state index is 12.5. The molecule has 1 heterocycles. The van der Waals surface area contributed by atoms with Gasteiger partial charge in [-0.15, -0.1) is 0 Å². The van der Waals surface area contributed by atoms with Crippen LogP contribution in [0.5, 0.6) is 0 Å². The van der Waals surface area contributed by atoms with Crippen LogP contribution in [-0.4, -0.2) is 9.55 Å². The second-order valence-corrected chi connectivity index (χ2v) is 5.07. The predicted octanol–water partition coefficient (Wildman–Crippen LogP) is 3.09. The van der Waals surface area contributed by atoms with Gasteiger partial charge in [-0.1, -0.05) is 12.1 Å². The summed E-state index contributed by atoms with van der Waals surface area (Å²) in [7, 11) is 0. The van der Waals surface area contributed by atoms with Crippen molar-refractivity contribution in [3.8, 4) is 0 Å². The van der Waals surface area contributed by atoms with Gasteiger partial charge in [0.05, 0.1) is 10.9 Å². The first-order chi connectivity index (χ1) is 8.18. The fourth-order valence-corrected chi connectivity index (χ4v) is 2.76. The van der Waals surface area contributed by atoms with Crippen LogP contribution in [0.25, 0.3) is 10.9 Å². The van der Waals surface area contributed by atoms with Crippen molar-refractivity contribution in [1.82, 2.24) is 9.55 Å². The van der Waals surface area contributed by atoms with E-state index >= 15 is 0 Å². The third-order valence-corrected chi connectivity index (χ3v) is 3.90. The Hall–Kier alpha value is -1.42. The smallest absolute Gasteiger partial charge is 0.262 e. The molecule has 3 rings (SSSR count). The summed E-state index contributed by atoms with van der Waals surface area (Å²) in [6.07, 6.45) is 3.32. The molecule has 3 nitrogen and oxygen atoms in total. The normalized spacial score (nSPS) is 16.1. The highest BCUT2D eigenvalue weighted by molar-refractivity contribution is 7.71. The summed E-state index contributed by atoms with van der Waals surface area (Å²) in [5.41, 5.74) is 1.91. The van der Waals surface area contributed by atoms with E-state index in [9.17, 15) is 4.79 Å². The largest absolute Gasteiger partial charge is 0.332 e. The van der Waals surface area contributed by atoms with Crippen molar-refractivity contribution < 1.29 is 0 Å². The number of H-pyrrole nitrogens is 1. The van der Waals surface area contributed by atoms with Crippen molar-refractivity contribution in [3.63, 3.8) is 0 Å². The Balaban J connectivity index is 2.41. The van der Waals surface area contributed by atoms with Crippen molar-refractivity contribution in [2.24, 2.45) is 0 Å². The lowest BCUT2D eigenvalue weighted by molar-refractivity contribution is 0.302. The van der Waals surface area contributed by atoms with Gasteiger partial charge in [0.1, 0.15) is 0 Å². The summed E-state index contributed by atoms with van der Waals surface area (Å²) in [6.45, 7) is 1.96. The molecule has 4 heteroatoms. The van der Waals surface area contributed by atoms with Crippen LogP contribution in [-0.2, 0) is 0 Å². The van der Waals surface area contributed by atoms with E-state index in [0.29, 0.717) is 10.8 Å². The van der Waals surface area contributed by atoms with E-state index in [1.54, 1.807) is 4.57 Å². The van der Waals surface area contributed by atoms with Crippen molar-refractivity contribution in [2.45, 2.75) is 32.2 Å². The number of nitrogens with zero attached hydrogens (tertiary/aromatic N) is 1. The fourth-order valence-electron chi connectivity index (χ4n) is 2.42. The maximum absolute atomic E-state index is 12.5. The van der Waals surface area contributed by atoms with Crippen LogP contribution in [0, 0.1) is 11.7 Å². The highest BCUT2D eigenvalue weighted by atomic mass is 32.1. The van der Waals surface area contributed by atoms with Crippen molar-refractivity contribution in [2.75, 3.05) is 0 Å². The molecular formula is C13H14N2OS. The van der Waals surface area contributed by atoms with Gasteiger partial charge in [-0.25, -0.2) is 0 Å². The second kappa shape index (κ2) is 3.81. The molecule has 1 aromatic carbocycles. The molecule has 0 atom stereocenters. The van der Waals surface area contributed by atoms with Gasteiger partial charge in [-0.3, -0.25) is 9.36 Å². The fraction of sp³-hybridized carbons (Fsp3) is 0.385. The molecule has 1 aliphatic rings. The Bertz CT molecular complexity index is 695. The molecule has 0 aliphatic heterocycles. The molecule has 0 unspecified atom stereocenters. The van der Waals surface area contributed by atoms with E-state index in [4.69, 9.17) is 12.2 Å². The van der Waals surface area contributed by atoms with Gasteiger partial charge in [0.2, 0.25) is 0 Å². The lowest BCUT2D eigenvalue weighted by atomic mass is 9.93. The van der Waals surface area contributed by atoms with Crippen LogP contribution in [0.15, 0.2) is 23.0 Å². The highest BCUT2D eigenvalue weighted by Crippen LogP contribution is 2.30. The Kier molecular flexibility index (Phi) is 2.40. The molecule has 1 fully saturated rings. The molecule has 0 saturated heterocycles. The molecule has 2 aromatic rings. The Morgan fingerprint density at radius 1 is 1.41 bits per heavy atom. The van der Waals surface area contributed by atoms with E-state index in [1.807, 2.05) is 25.1 Å². The molecule has 0 bridgehead atoms. The van der Waals surface area contributed by atoms with Crippen LogP contribution in [0.2, 0.25) is 0 Å². The number of fused-ring (bicyclic) bond motifs is 1. The minimum absolute atomic E-state index is 0.0616. The van der Waals surface area contributed by atoms with Gasteiger partial charge >= 0.3 is 0 Å². The summed E-state index contributed by atoms with van der Waals surface area (Å²) in [5.74, 6) is 0. The first-order valence-corrected chi connectivity index (χ1v) is 6.33. The lowest BCUT2D eigenvalue weighted by Crippen LogP contribution is -2.30. The van der Waals surface area contributed by atoms with Gasteiger partial charge in [0, 0.05) is 6.04 Å². The topological polar surface area (TPSA) is 37.8 Å². The van der Waals surface area contributed by atoms with E-state index in [0.717, 1.165) is 29.3 Å². The number of rotatable bonds is 1. The Labute approximate surface area is 104 Å². The average Bonchev–Trinajstić information content (AvgIpc) is 2.21. The predicted molar refractivity (Wildman–Crippen MR) is 71.0 cm³/mol. The molecule has 1 N–H and O–H groups in total. The number of benzene rings is 1. The number of aryl methyl sites for hydroxylation is 1. The zero-order chi connectivity index (χ0) is 12.0. The first-order valence-electron chi connectivity index (χ1n) is 5.92. The standard InChI is InChI=1S/C13H14N2OS/c1-8-4-2-7-10-11(8)12(16)15(13(17)14-10)9-5-3-6-9/h2,4,7,9H,3,5-6H2,1H3,(H,14,17). The minimum Gasteiger partial charge on any atom is -0.332 e. The third kappa shape index (κ3) is 1.55. The van der Waals surface area contributed by atoms with Crippen LogP contribution in [0.3, 0.4) is 0 Å². The van der Waals surface area contributed by atoms with E-state index < -0.39 is 0 Å². The molecule has 88 valence electrons. The number of hydrogen-bond acceptors (Lipinski definition) is 2. The molecule has 17 heavy (non-hydrogen) atoms. The van der Waals surface area contributed by atoms with Crippen molar-refractivity contribution in [1.29, 1.82) is 0 Å². The molecule has 0 radical (unpaired) electrons. The summed E-state index contributed by atoms with van der Waals surface area (Å²) < 4.78 is 2.31. The number of hydrogen-bond donors (Lipinski definition) is 1. The van der Waals surface area contributed by atoms with Crippen molar-refractivity contribution >= 4 is 23.1 Å². The maximum Gasteiger partial charge on any atom is 0.262 e. The summed E-state index contributed by atoms with van der Waals surface area (Å²) in [6, 6.07) is 6.11. The average molecular weight is 246 g/mol. The molecule has 0 amide bonds. The quantitative estimate of drug-likeness (QED) is 0.785. The number of aromatic nitrogens is 2. The van der Waals surface area contributed by atoms with Crippen LogP contribution >= 0.6 is 12.2 Å². The van der Waals surface area contributed by atoms with Gasteiger partial charge in [-0.05, 0) is 50.0 Å². The first kappa shape index (κ1) is 10.7.